The summed E-state index contributed by atoms with van der Waals surface area (Å²) < 4.78 is 6.36. The number of aromatic hydroxyl groups is 1. The van der Waals surface area contributed by atoms with Crippen LogP contribution in [0.15, 0.2) is 96.1 Å². The molecule has 2 aromatic rings. The molecule has 0 bridgehead atoms. The van der Waals surface area contributed by atoms with Crippen molar-refractivity contribution in [1.29, 1.82) is 0 Å². The van der Waals surface area contributed by atoms with Crippen LogP contribution in [0.1, 0.15) is 30.5 Å². The van der Waals surface area contributed by atoms with E-state index in [9.17, 15) is 5.11 Å². The number of phenolic OH excluding ortho intramolecular Hbond substituents is 1. The Balaban J connectivity index is 0.000000516. The Bertz CT molecular complexity index is 960. The van der Waals surface area contributed by atoms with E-state index in [1.807, 2.05) is 62.4 Å². The van der Waals surface area contributed by atoms with Crippen molar-refractivity contribution in [3.63, 3.8) is 0 Å². The maximum absolute atomic E-state index is 9.47. The van der Waals surface area contributed by atoms with Crippen LogP contribution in [0.2, 0.25) is 0 Å². The first-order chi connectivity index (χ1) is 13.6. The summed E-state index contributed by atoms with van der Waals surface area (Å²) in [6, 6.07) is 15.1. The third-order valence-corrected chi connectivity index (χ3v) is 4.69. The van der Waals surface area contributed by atoms with E-state index in [0.717, 1.165) is 22.3 Å². The zero-order chi connectivity index (χ0) is 20.0. The van der Waals surface area contributed by atoms with E-state index >= 15 is 0 Å². The fourth-order valence-electron chi connectivity index (χ4n) is 3.13. The molecule has 142 valence electrons. The molecule has 1 spiro atoms. The predicted octanol–water partition coefficient (Wildman–Crippen LogP) is 5.79. The summed E-state index contributed by atoms with van der Waals surface area (Å²) in [5.41, 5.74) is 3.45. The molecule has 3 heteroatoms. The first kappa shape index (κ1) is 19.4. The van der Waals surface area contributed by atoms with Crippen molar-refractivity contribution in [2.45, 2.75) is 19.4 Å². The Morgan fingerprint density at radius 2 is 1.75 bits per heavy atom. The first-order valence-electron chi connectivity index (χ1n) is 9.35. The summed E-state index contributed by atoms with van der Waals surface area (Å²) in [7, 11) is 0. The Hall–Kier alpha value is -3.33. The number of ether oxygens (including phenoxy) is 1. The van der Waals surface area contributed by atoms with Gasteiger partial charge in [0.05, 0.1) is 6.54 Å². The van der Waals surface area contributed by atoms with Crippen LogP contribution >= 0.6 is 0 Å². The maximum atomic E-state index is 9.47. The van der Waals surface area contributed by atoms with Gasteiger partial charge in [0, 0.05) is 11.1 Å². The Morgan fingerprint density at radius 3 is 2.43 bits per heavy atom. The average Bonchev–Trinajstić information content (AvgIpc) is 3.09. The van der Waals surface area contributed by atoms with E-state index in [0.29, 0.717) is 12.4 Å². The number of rotatable bonds is 2. The van der Waals surface area contributed by atoms with Crippen LogP contribution in [-0.4, -0.2) is 17.5 Å². The lowest BCUT2D eigenvalue weighted by molar-refractivity contribution is 0.141. The maximum Gasteiger partial charge on any atom is 0.217 e. The number of allylic oxidation sites excluding steroid dienone is 5. The minimum Gasteiger partial charge on any atom is -0.508 e. The quantitative estimate of drug-likeness (QED) is 0.679. The molecular formula is C25H25NO2. The van der Waals surface area contributed by atoms with Crippen molar-refractivity contribution in [3.05, 3.63) is 108 Å². The highest BCUT2D eigenvalue weighted by Gasteiger charge is 2.40. The van der Waals surface area contributed by atoms with Gasteiger partial charge in [-0.25, -0.2) is 4.99 Å². The molecule has 3 nitrogen and oxygen atoms in total. The summed E-state index contributed by atoms with van der Waals surface area (Å²) >= 11 is 0. The zero-order valence-electron chi connectivity index (χ0n) is 16.3. The second kappa shape index (κ2) is 8.57. The van der Waals surface area contributed by atoms with Gasteiger partial charge in [-0.05, 0) is 55.3 Å². The van der Waals surface area contributed by atoms with Gasteiger partial charge in [0.2, 0.25) is 5.90 Å². The molecule has 1 atom stereocenters. The highest BCUT2D eigenvalue weighted by atomic mass is 16.5. The smallest absolute Gasteiger partial charge is 0.217 e. The molecule has 0 saturated carbocycles. The molecule has 28 heavy (non-hydrogen) atoms. The van der Waals surface area contributed by atoms with Crippen molar-refractivity contribution in [1.82, 2.24) is 0 Å². The fraction of sp³-hybridized carbons (Fsp3) is 0.160. The Labute approximate surface area is 166 Å². The van der Waals surface area contributed by atoms with Crippen LogP contribution in [0.4, 0.5) is 0 Å². The highest BCUT2D eigenvalue weighted by molar-refractivity contribution is 5.96. The summed E-state index contributed by atoms with van der Waals surface area (Å²) in [5.74, 6) is 0.816. The number of aliphatic imine (C=N–C) groups is 1. The molecule has 0 saturated heterocycles. The summed E-state index contributed by atoms with van der Waals surface area (Å²) in [4.78, 5) is 4.63. The molecule has 1 aliphatic heterocycles. The molecular weight excluding hydrogens is 346 g/mol. The van der Waals surface area contributed by atoms with Gasteiger partial charge < -0.3 is 9.84 Å². The molecule has 2 aromatic carbocycles. The molecule has 0 radical (unpaired) electrons. The second-order valence-corrected chi connectivity index (χ2v) is 6.60. The highest BCUT2D eigenvalue weighted by Crippen LogP contribution is 2.39. The van der Waals surface area contributed by atoms with Crippen molar-refractivity contribution in [2.24, 2.45) is 4.99 Å². The number of phenols is 1. The van der Waals surface area contributed by atoms with Crippen LogP contribution in [0.3, 0.4) is 0 Å². The van der Waals surface area contributed by atoms with Crippen LogP contribution in [0.25, 0.3) is 6.08 Å². The van der Waals surface area contributed by atoms with Gasteiger partial charge >= 0.3 is 0 Å². The van der Waals surface area contributed by atoms with Crippen LogP contribution in [0, 0.1) is 0 Å². The fourth-order valence-corrected chi connectivity index (χ4v) is 3.13. The van der Waals surface area contributed by atoms with Crippen LogP contribution in [-0.2, 0) is 10.3 Å². The van der Waals surface area contributed by atoms with Gasteiger partial charge in [0.25, 0.3) is 0 Å². The number of benzene rings is 2. The molecule has 1 heterocycles. The second-order valence-electron chi connectivity index (χ2n) is 6.60. The lowest BCUT2D eigenvalue weighted by Gasteiger charge is -2.27. The van der Waals surface area contributed by atoms with E-state index in [4.69, 9.17) is 4.74 Å². The number of hydrogen-bond donors (Lipinski definition) is 1. The summed E-state index contributed by atoms with van der Waals surface area (Å²) in [6.45, 7) is 8.40. The van der Waals surface area contributed by atoms with Gasteiger partial charge in [-0.3, -0.25) is 0 Å². The molecule has 0 aromatic heterocycles. The van der Waals surface area contributed by atoms with Gasteiger partial charge in [-0.15, -0.1) is 0 Å². The van der Waals surface area contributed by atoms with E-state index in [-0.39, 0.29) is 5.75 Å². The molecule has 0 amide bonds. The van der Waals surface area contributed by atoms with E-state index < -0.39 is 5.60 Å². The van der Waals surface area contributed by atoms with Crippen molar-refractivity contribution < 1.29 is 9.84 Å². The van der Waals surface area contributed by atoms with Crippen LogP contribution < -0.4 is 0 Å². The van der Waals surface area contributed by atoms with Crippen molar-refractivity contribution >= 4 is 12.0 Å². The molecule has 4 rings (SSSR count). The topological polar surface area (TPSA) is 41.8 Å². The SMILES string of the molecule is C/C=C\C.C=CC1=CC2(CN=C(c3ccc(O)cc3)O2)c2ccccc2C=C1. The van der Waals surface area contributed by atoms with E-state index in [1.54, 1.807) is 12.1 Å². The lowest BCUT2D eigenvalue weighted by atomic mass is 9.89. The predicted molar refractivity (Wildman–Crippen MR) is 117 cm³/mol. The molecule has 0 fully saturated rings. The van der Waals surface area contributed by atoms with Crippen molar-refractivity contribution in [3.8, 4) is 5.75 Å². The minimum atomic E-state index is -0.628. The monoisotopic (exact) mass is 371 g/mol. The molecule has 1 aliphatic carbocycles. The number of nitrogens with zero attached hydrogens (tertiary/aromatic N) is 1. The largest absolute Gasteiger partial charge is 0.508 e. The first-order valence-corrected chi connectivity index (χ1v) is 9.35. The lowest BCUT2D eigenvalue weighted by Crippen LogP contribution is -2.29. The molecule has 1 unspecified atom stereocenters. The van der Waals surface area contributed by atoms with Crippen LogP contribution in [0.5, 0.6) is 5.75 Å². The van der Waals surface area contributed by atoms with E-state index in [2.05, 4.69) is 35.9 Å². The number of hydrogen-bond acceptors (Lipinski definition) is 3. The third-order valence-electron chi connectivity index (χ3n) is 4.69. The average molecular weight is 371 g/mol. The van der Waals surface area contributed by atoms with Gasteiger partial charge in [-0.2, -0.15) is 0 Å². The number of fused-ring (bicyclic) bond motifs is 2. The van der Waals surface area contributed by atoms with Gasteiger partial charge in [0.15, 0.2) is 5.60 Å². The summed E-state index contributed by atoms with van der Waals surface area (Å²) in [5, 5.41) is 9.47. The van der Waals surface area contributed by atoms with Crippen molar-refractivity contribution in [2.75, 3.05) is 6.54 Å². The Kier molecular flexibility index (Phi) is 5.95. The Morgan fingerprint density at radius 1 is 1.04 bits per heavy atom. The standard InChI is InChI=1S/C21H17NO2.C4H8/c1-2-15-7-8-16-5-3-4-6-19(16)21(13-15)14-22-20(24-21)17-9-11-18(23)12-10-17;1-3-4-2/h2-13,23H,1,14H2;3-4H,1-2H3/b;4-3-. The minimum absolute atomic E-state index is 0.227. The van der Waals surface area contributed by atoms with Gasteiger partial charge in [-0.1, -0.05) is 61.2 Å². The van der Waals surface area contributed by atoms with E-state index in [1.165, 1.54) is 0 Å². The molecule has 2 aliphatic rings. The third kappa shape index (κ3) is 3.99. The zero-order valence-corrected chi connectivity index (χ0v) is 16.3. The van der Waals surface area contributed by atoms with Gasteiger partial charge in [0.1, 0.15) is 5.75 Å². The molecule has 1 N–H and O–H groups in total. The summed E-state index contributed by atoms with van der Waals surface area (Å²) in [6.07, 6.45) is 12.0. The normalized spacial score (nSPS) is 19.8.